The van der Waals surface area contributed by atoms with E-state index in [0.29, 0.717) is 50.3 Å². The number of aliphatic hydroxyl groups excluding tert-OH is 1. The van der Waals surface area contributed by atoms with Gasteiger partial charge in [-0.1, -0.05) is 19.1 Å². The molecule has 2 aliphatic heterocycles. The summed E-state index contributed by atoms with van der Waals surface area (Å²) < 4.78 is 11.7. The average Bonchev–Trinajstić information content (AvgIpc) is 2.94. The van der Waals surface area contributed by atoms with Gasteiger partial charge in [0, 0.05) is 50.4 Å². The Morgan fingerprint density at radius 3 is 2.76 bits per heavy atom. The number of fused-ring (bicyclic) bond motifs is 1. The number of ether oxygens (including phenoxy) is 2. The van der Waals surface area contributed by atoms with Gasteiger partial charge in [-0.2, -0.15) is 5.26 Å². The lowest BCUT2D eigenvalue weighted by Gasteiger charge is -2.38. The topological polar surface area (TPSA) is 116 Å². The normalized spacial score (nSPS) is 21.2. The number of aromatic nitrogens is 1. The van der Waals surface area contributed by atoms with Crippen LogP contribution >= 0.6 is 0 Å². The molecular weight excluding hydrogens is 472 g/mol. The standard InChI is InChI=1S/C28H34N4O5/c1-18-15-32(19(2)17-33)28(35)24-12-23(22-6-4-5-20(11-22)13-29)14-30-26(24)37-25(18)16-31(3)27(34)21-7-9-36-10-8-21/h4-6,11-12,14,18-19,21,25,33H,7-10,15-17H2,1-3H3/t18-,19-,25-/m1/s1. The molecule has 2 amide bonds. The molecule has 3 heterocycles. The van der Waals surface area contributed by atoms with Crippen molar-refractivity contribution in [3.8, 4) is 23.1 Å². The Balaban J connectivity index is 1.66. The molecule has 1 N–H and O–H groups in total. The van der Waals surface area contributed by atoms with E-state index in [9.17, 15) is 20.0 Å². The van der Waals surface area contributed by atoms with Crippen LogP contribution in [0.5, 0.6) is 5.88 Å². The van der Waals surface area contributed by atoms with Gasteiger partial charge in [0.2, 0.25) is 11.8 Å². The molecule has 0 radical (unpaired) electrons. The van der Waals surface area contributed by atoms with E-state index in [2.05, 4.69) is 11.1 Å². The number of carbonyl (C=O) groups is 2. The molecule has 3 atom stereocenters. The maximum Gasteiger partial charge on any atom is 0.259 e. The van der Waals surface area contributed by atoms with E-state index in [1.54, 1.807) is 54.2 Å². The maximum atomic E-state index is 13.7. The fourth-order valence-corrected chi connectivity index (χ4v) is 4.86. The summed E-state index contributed by atoms with van der Waals surface area (Å²) in [4.78, 5) is 34.6. The minimum atomic E-state index is -0.409. The number of hydrogen-bond acceptors (Lipinski definition) is 7. The first-order valence-electron chi connectivity index (χ1n) is 12.7. The highest BCUT2D eigenvalue weighted by atomic mass is 16.5. The van der Waals surface area contributed by atoms with E-state index in [-0.39, 0.29) is 41.7 Å². The molecule has 9 nitrogen and oxygen atoms in total. The zero-order valence-electron chi connectivity index (χ0n) is 21.6. The fourth-order valence-electron chi connectivity index (χ4n) is 4.86. The summed E-state index contributed by atoms with van der Waals surface area (Å²) in [5.41, 5.74) is 2.24. The minimum absolute atomic E-state index is 0.0627. The molecule has 0 bridgehead atoms. The molecule has 1 saturated heterocycles. The molecule has 0 spiro atoms. The Morgan fingerprint density at radius 1 is 1.30 bits per heavy atom. The Bertz CT molecular complexity index is 1170. The number of pyridine rings is 1. The molecule has 0 unspecified atom stereocenters. The summed E-state index contributed by atoms with van der Waals surface area (Å²) >= 11 is 0. The number of hydrogen-bond donors (Lipinski definition) is 1. The largest absolute Gasteiger partial charge is 0.472 e. The molecule has 1 aromatic carbocycles. The molecule has 1 aromatic heterocycles. The Hall–Kier alpha value is -3.48. The molecule has 0 saturated carbocycles. The number of aliphatic hydroxyl groups is 1. The monoisotopic (exact) mass is 506 g/mol. The van der Waals surface area contributed by atoms with Crippen LogP contribution in [0.4, 0.5) is 0 Å². The molecule has 37 heavy (non-hydrogen) atoms. The summed E-state index contributed by atoms with van der Waals surface area (Å²) in [6.07, 6.45) is 2.64. The van der Waals surface area contributed by atoms with Crippen molar-refractivity contribution in [2.45, 2.75) is 38.8 Å². The van der Waals surface area contributed by atoms with Crippen molar-refractivity contribution in [2.75, 3.05) is 40.0 Å². The van der Waals surface area contributed by atoms with Crippen molar-refractivity contribution < 1.29 is 24.2 Å². The number of amides is 2. The van der Waals surface area contributed by atoms with Gasteiger partial charge in [-0.15, -0.1) is 0 Å². The van der Waals surface area contributed by atoms with Crippen LogP contribution in [0, 0.1) is 23.2 Å². The first-order chi connectivity index (χ1) is 17.8. The first kappa shape index (κ1) is 26.6. The summed E-state index contributed by atoms with van der Waals surface area (Å²) in [5, 5.41) is 19.2. The third-order valence-corrected chi connectivity index (χ3v) is 7.25. The lowest BCUT2D eigenvalue weighted by Crippen LogP contribution is -2.51. The van der Waals surface area contributed by atoms with Crippen molar-refractivity contribution in [3.05, 3.63) is 47.7 Å². The van der Waals surface area contributed by atoms with Gasteiger partial charge in [-0.05, 0) is 43.5 Å². The highest BCUT2D eigenvalue weighted by Gasteiger charge is 2.35. The van der Waals surface area contributed by atoms with Crippen LogP contribution in [-0.4, -0.2) is 83.8 Å². The minimum Gasteiger partial charge on any atom is -0.472 e. The summed E-state index contributed by atoms with van der Waals surface area (Å²) in [6, 6.07) is 10.5. The molecule has 4 rings (SSSR count). The third-order valence-electron chi connectivity index (χ3n) is 7.25. The first-order valence-corrected chi connectivity index (χ1v) is 12.7. The van der Waals surface area contributed by atoms with Crippen molar-refractivity contribution in [3.63, 3.8) is 0 Å². The van der Waals surface area contributed by atoms with E-state index >= 15 is 0 Å². The van der Waals surface area contributed by atoms with Crippen LogP contribution in [0.15, 0.2) is 36.5 Å². The lowest BCUT2D eigenvalue weighted by atomic mass is 9.96. The van der Waals surface area contributed by atoms with E-state index in [4.69, 9.17) is 9.47 Å². The SMILES string of the molecule is C[C@@H]1CN([C@H](C)CO)C(=O)c2cc(-c3cccc(C#N)c3)cnc2O[C@@H]1CN(C)C(=O)C1CCOCC1. The summed E-state index contributed by atoms with van der Waals surface area (Å²) in [7, 11) is 1.78. The van der Waals surface area contributed by atoms with Crippen LogP contribution in [0.1, 0.15) is 42.6 Å². The number of nitriles is 1. The van der Waals surface area contributed by atoms with Crippen LogP contribution in [-0.2, 0) is 9.53 Å². The Labute approximate surface area is 217 Å². The fraction of sp³-hybridized carbons (Fsp3) is 0.500. The smallest absolute Gasteiger partial charge is 0.259 e. The zero-order chi connectivity index (χ0) is 26.5. The number of rotatable bonds is 6. The van der Waals surface area contributed by atoms with Crippen molar-refractivity contribution in [2.24, 2.45) is 11.8 Å². The molecule has 2 aliphatic rings. The van der Waals surface area contributed by atoms with Gasteiger partial charge in [-0.3, -0.25) is 9.59 Å². The van der Waals surface area contributed by atoms with Gasteiger partial charge >= 0.3 is 0 Å². The van der Waals surface area contributed by atoms with Crippen LogP contribution in [0.3, 0.4) is 0 Å². The highest BCUT2D eigenvalue weighted by Crippen LogP contribution is 2.31. The zero-order valence-corrected chi connectivity index (χ0v) is 21.6. The van der Waals surface area contributed by atoms with E-state index < -0.39 is 12.1 Å². The van der Waals surface area contributed by atoms with Gasteiger partial charge in [-0.25, -0.2) is 4.98 Å². The molecule has 196 valence electrons. The Morgan fingerprint density at radius 2 is 2.05 bits per heavy atom. The molecule has 2 aromatic rings. The summed E-state index contributed by atoms with van der Waals surface area (Å²) in [5.74, 6) is -0.196. The second-order valence-electron chi connectivity index (χ2n) is 10.00. The van der Waals surface area contributed by atoms with Crippen LogP contribution in [0.25, 0.3) is 11.1 Å². The number of benzene rings is 1. The molecule has 9 heteroatoms. The van der Waals surface area contributed by atoms with Gasteiger partial charge in [0.1, 0.15) is 11.7 Å². The average molecular weight is 507 g/mol. The second kappa shape index (κ2) is 11.7. The lowest BCUT2D eigenvalue weighted by molar-refractivity contribution is -0.138. The predicted molar refractivity (Wildman–Crippen MR) is 137 cm³/mol. The highest BCUT2D eigenvalue weighted by molar-refractivity contribution is 5.98. The predicted octanol–water partition coefficient (Wildman–Crippen LogP) is 2.73. The van der Waals surface area contributed by atoms with Crippen molar-refractivity contribution in [1.29, 1.82) is 5.26 Å². The maximum absolute atomic E-state index is 13.7. The quantitative estimate of drug-likeness (QED) is 0.640. The van der Waals surface area contributed by atoms with Crippen LogP contribution < -0.4 is 4.74 Å². The van der Waals surface area contributed by atoms with Crippen LogP contribution in [0.2, 0.25) is 0 Å². The second-order valence-corrected chi connectivity index (χ2v) is 10.00. The number of nitrogens with zero attached hydrogens (tertiary/aromatic N) is 4. The number of likely N-dealkylation sites (N-methyl/N-ethyl adjacent to an activating group) is 1. The summed E-state index contributed by atoms with van der Waals surface area (Å²) in [6.45, 7) is 5.49. The third kappa shape index (κ3) is 5.92. The van der Waals surface area contributed by atoms with E-state index in [1.165, 1.54) is 0 Å². The van der Waals surface area contributed by atoms with Gasteiger partial charge in [0.15, 0.2) is 0 Å². The molecular formula is C28H34N4O5. The Kier molecular flexibility index (Phi) is 8.41. The van der Waals surface area contributed by atoms with E-state index in [0.717, 1.165) is 5.56 Å². The van der Waals surface area contributed by atoms with E-state index in [1.807, 2.05) is 13.0 Å². The van der Waals surface area contributed by atoms with Gasteiger partial charge in [0.25, 0.3) is 5.91 Å². The molecule has 1 fully saturated rings. The van der Waals surface area contributed by atoms with Gasteiger partial charge in [0.05, 0.1) is 30.8 Å². The number of carbonyl (C=O) groups excluding carboxylic acids is 2. The van der Waals surface area contributed by atoms with Crippen molar-refractivity contribution in [1.82, 2.24) is 14.8 Å². The van der Waals surface area contributed by atoms with Gasteiger partial charge < -0.3 is 24.4 Å². The van der Waals surface area contributed by atoms with Crippen molar-refractivity contribution >= 4 is 11.8 Å². The molecule has 0 aliphatic carbocycles.